The number of hydrogen-bond acceptors (Lipinski definition) is 9. The third-order valence-electron chi connectivity index (χ3n) is 7.28. The number of nitrogens with one attached hydrogen (secondary N) is 1. The number of unbranched alkanes of at least 4 members (excludes halogenated alkanes) is 4. The van der Waals surface area contributed by atoms with Crippen molar-refractivity contribution in [1.82, 2.24) is 5.32 Å². The molecule has 3 aromatic carbocycles. The van der Waals surface area contributed by atoms with E-state index in [0.29, 0.717) is 30.0 Å². The van der Waals surface area contributed by atoms with Crippen LogP contribution in [0.25, 0.3) is 0 Å². The molecular formula is C36H44F2N6O4. The predicted octanol–water partition coefficient (Wildman–Crippen LogP) is 9.94. The fraction of sp³-hybridized carbons (Fsp3) is 0.389. The zero-order valence-electron chi connectivity index (χ0n) is 27.8. The first-order chi connectivity index (χ1) is 23.3. The molecule has 0 aliphatic heterocycles. The highest BCUT2D eigenvalue weighted by Gasteiger charge is 2.19. The molecule has 1 amide bonds. The number of carbonyl (C=O) groups is 2. The van der Waals surface area contributed by atoms with Gasteiger partial charge in [-0.3, -0.25) is 4.79 Å². The lowest BCUT2D eigenvalue weighted by molar-refractivity contribution is -0.137. The van der Waals surface area contributed by atoms with Gasteiger partial charge in [0.15, 0.2) is 17.8 Å². The Morgan fingerprint density at radius 3 is 2.02 bits per heavy atom. The predicted molar refractivity (Wildman–Crippen MR) is 183 cm³/mol. The van der Waals surface area contributed by atoms with Gasteiger partial charge in [-0.25, -0.2) is 9.18 Å². The maximum Gasteiger partial charge on any atom is 0.330 e. The van der Waals surface area contributed by atoms with Crippen LogP contribution >= 0.6 is 0 Å². The van der Waals surface area contributed by atoms with E-state index in [4.69, 9.17) is 9.47 Å². The molecule has 256 valence electrons. The molecule has 12 heteroatoms. The minimum absolute atomic E-state index is 0.233. The van der Waals surface area contributed by atoms with Gasteiger partial charge in [0.25, 0.3) is 0 Å². The molecule has 1 unspecified atom stereocenters. The van der Waals surface area contributed by atoms with Crippen molar-refractivity contribution in [1.29, 1.82) is 0 Å². The first-order valence-corrected chi connectivity index (χ1v) is 16.3. The molecule has 0 radical (unpaired) electrons. The van der Waals surface area contributed by atoms with E-state index in [0.717, 1.165) is 50.4 Å². The first kappa shape index (κ1) is 37.5. The molecule has 0 aliphatic rings. The van der Waals surface area contributed by atoms with Crippen LogP contribution in [0.2, 0.25) is 0 Å². The average Bonchev–Trinajstić information content (AvgIpc) is 3.11. The lowest BCUT2D eigenvalue weighted by Gasteiger charge is -2.22. The van der Waals surface area contributed by atoms with Crippen LogP contribution < -0.4 is 15.0 Å². The third kappa shape index (κ3) is 12.3. The molecule has 0 aromatic heterocycles. The van der Waals surface area contributed by atoms with Crippen molar-refractivity contribution < 1.29 is 27.8 Å². The summed E-state index contributed by atoms with van der Waals surface area (Å²) < 4.78 is 40.6. The van der Waals surface area contributed by atoms with E-state index in [1.54, 1.807) is 31.2 Å². The van der Waals surface area contributed by atoms with E-state index >= 15 is 0 Å². The molecule has 10 nitrogen and oxygen atoms in total. The van der Waals surface area contributed by atoms with Gasteiger partial charge in [-0.2, -0.15) is 19.7 Å². The second kappa shape index (κ2) is 20.3. The van der Waals surface area contributed by atoms with Crippen molar-refractivity contribution >= 4 is 40.3 Å². The van der Waals surface area contributed by atoms with Gasteiger partial charge in [0.05, 0.1) is 23.6 Å². The van der Waals surface area contributed by atoms with Crippen molar-refractivity contribution in [2.45, 2.75) is 71.9 Å². The topological polar surface area (TPSA) is 117 Å². The van der Waals surface area contributed by atoms with Gasteiger partial charge >= 0.3 is 5.97 Å². The summed E-state index contributed by atoms with van der Waals surface area (Å²) >= 11 is 0. The van der Waals surface area contributed by atoms with Crippen LogP contribution in [0.1, 0.15) is 65.7 Å². The molecule has 0 heterocycles. The first-order valence-electron chi connectivity index (χ1n) is 16.3. The third-order valence-corrected chi connectivity index (χ3v) is 7.28. The zero-order chi connectivity index (χ0) is 34.7. The Kier molecular flexibility index (Phi) is 15.8. The number of anilines is 1. The number of likely N-dealkylation sites (N-methyl/N-ethyl adjacent to an activating group) is 1. The standard InChI is InChI=1S/C36H44F2N6O4/c1-5-9-10-11-12-13-33(39-32(45)6-2)48-31-23-22-30(35(37)36(31)38)43-42-27-16-14-26(15-17-27)40-41-28-18-20-29(21-19-28)44(8-4)24-25-47-34(46)7-3/h7,14-23,33H,3,5-6,8-13,24-25H2,1-2,4H3,(H,39,45)/b41-40+,43-42+. The van der Waals surface area contributed by atoms with Gasteiger partial charge in [0.1, 0.15) is 12.3 Å². The van der Waals surface area contributed by atoms with E-state index < -0.39 is 23.8 Å². The van der Waals surface area contributed by atoms with Crippen molar-refractivity contribution in [2.75, 3.05) is 24.6 Å². The Labute approximate surface area is 281 Å². The Bertz CT molecular complexity index is 1530. The highest BCUT2D eigenvalue weighted by molar-refractivity contribution is 5.81. The fourth-order valence-electron chi connectivity index (χ4n) is 4.55. The van der Waals surface area contributed by atoms with Crippen LogP contribution in [-0.4, -0.2) is 37.8 Å². The van der Waals surface area contributed by atoms with Crippen molar-refractivity contribution in [3.8, 4) is 5.75 Å². The average molecular weight is 663 g/mol. The molecule has 3 aromatic rings. The quantitative estimate of drug-likeness (QED) is 0.0425. The Balaban J connectivity index is 1.59. The van der Waals surface area contributed by atoms with Gasteiger partial charge in [0.2, 0.25) is 11.7 Å². The van der Waals surface area contributed by atoms with Gasteiger partial charge in [-0.05, 0) is 74.0 Å². The number of amides is 1. The summed E-state index contributed by atoms with van der Waals surface area (Å²) in [5, 5.41) is 19.1. The molecular weight excluding hydrogens is 618 g/mol. The van der Waals surface area contributed by atoms with Gasteiger partial charge in [0, 0.05) is 31.1 Å². The van der Waals surface area contributed by atoms with Crippen LogP contribution in [0.15, 0.2) is 93.8 Å². The number of nitrogens with zero attached hydrogens (tertiary/aromatic N) is 5. The molecule has 48 heavy (non-hydrogen) atoms. The number of azo groups is 2. The number of benzene rings is 3. The summed E-state index contributed by atoms with van der Waals surface area (Å²) in [6, 6.07) is 16.7. The van der Waals surface area contributed by atoms with Crippen LogP contribution in [0, 0.1) is 11.6 Å². The Morgan fingerprint density at radius 1 is 0.833 bits per heavy atom. The number of hydrogen-bond donors (Lipinski definition) is 1. The molecule has 0 aliphatic carbocycles. The summed E-state index contributed by atoms with van der Waals surface area (Å²) in [5.74, 6) is -3.39. The SMILES string of the molecule is C=CC(=O)OCCN(CC)c1ccc(/N=N/c2ccc(/N=N/c3ccc(OC(CCCCCCC)NC(=O)CC)c(F)c3F)cc2)cc1. The molecule has 0 bridgehead atoms. The number of rotatable bonds is 20. The molecule has 0 spiro atoms. The van der Waals surface area contributed by atoms with Crippen LogP contribution in [0.5, 0.6) is 5.75 Å². The fourth-order valence-corrected chi connectivity index (χ4v) is 4.55. The lowest BCUT2D eigenvalue weighted by Crippen LogP contribution is -2.39. The van der Waals surface area contributed by atoms with Crippen molar-refractivity contribution in [3.05, 3.63) is 85.0 Å². The molecule has 0 saturated carbocycles. The molecule has 1 N–H and O–H groups in total. The van der Waals surface area contributed by atoms with E-state index in [2.05, 4.69) is 44.2 Å². The number of esters is 1. The van der Waals surface area contributed by atoms with E-state index in [-0.39, 0.29) is 30.4 Å². The summed E-state index contributed by atoms with van der Waals surface area (Å²) in [7, 11) is 0. The second-order valence-corrected chi connectivity index (χ2v) is 10.8. The Hall–Kier alpha value is -5.00. The van der Waals surface area contributed by atoms with Crippen LogP contribution in [0.3, 0.4) is 0 Å². The normalized spacial score (nSPS) is 11.9. The summed E-state index contributed by atoms with van der Waals surface area (Å²) in [4.78, 5) is 25.3. The number of ether oxygens (including phenoxy) is 2. The summed E-state index contributed by atoms with van der Waals surface area (Å²) in [6.07, 6.45) is 6.14. The largest absolute Gasteiger partial charge is 0.467 e. The van der Waals surface area contributed by atoms with Gasteiger partial charge in [-0.1, -0.05) is 46.1 Å². The van der Waals surface area contributed by atoms with E-state index in [9.17, 15) is 18.4 Å². The summed E-state index contributed by atoms with van der Waals surface area (Å²) in [6.45, 7) is 10.8. The van der Waals surface area contributed by atoms with Crippen molar-refractivity contribution in [3.63, 3.8) is 0 Å². The van der Waals surface area contributed by atoms with Gasteiger partial charge < -0.3 is 19.7 Å². The van der Waals surface area contributed by atoms with Crippen LogP contribution in [0.4, 0.5) is 37.2 Å². The van der Waals surface area contributed by atoms with Crippen molar-refractivity contribution in [2.24, 2.45) is 20.5 Å². The minimum Gasteiger partial charge on any atom is -0.467 e. The zero-order valence-corrected chi connectivity index (χ0v) is 27.8. The maximum absolute atomic E-state index is 14.9. The lowest BCUT2D eigenvalue weighted by atomic mass is 10.1. The monoisotopic (exact) mass is 662 g/mol. The number of halogens is 2. The number of carbonyl (C=O) groups excluding carboxylic acids is 2. The smallest absolute Gasteiger partial charge is 0.330 e. The molecule has 0 fully saturated rings. The molecule has 0 saturated heterocycles. The van der Waals surface area contributed by atoms with E-state index in [1.807, 2.05) is 31.2 Å². The van der Waals surface area contributed by atoms with Crippen LogP contribution in [-0.2, 0) is 14.3 Å². The molecule has 3 rings (SSSR count). The van der Waals surface area contributed by atoms with E-state index in [1.165, 1.54) is 12.1 Å². The van der Waals surface area contributed by atoms with Gasteiger partial charge in [-0.15, -0.1) is 5.11 Å². The highest BCUT2D eigenvalue weighted by Crippen LogP contribution is 2.31. The highest BCUT2D eigenvalue weighted by atomic mass is 19.2. The molecule has 1 atom stereocenters. The second-order valence-electron chi connectivity index (χ2n) is 10.8. The Morgan fingerprint density at radius 2 is 1.44 bits per heavy atom. The summed E-state index contributed by atoms with van der Waals surface area (Å²) in [5.41, 5.74) is 2.28. The minimum atomic E-state index is -1.20. The maximum atomic E-state index is 14.9.